The zero-order valence-corrected chi connectivity index (χ0v) is 12.9. The Bertz CT molecular complexity index is 222. The highest BCUT2D eigenvalue weighted by Crippen LogP contribution is 1.99. The molecular formula is C14H32N4. The zero-order valence-electron chi connectivity index (χ0n) is 12.9. The third-order valence-electron chi connectivity index (χ3n) is 3.03. The minimum atomic E-state index is 0.400. The van der Waals surface area contributed by atoms with Gasteiger partial charge < -0.3 is 16.0 Å². The van der Waals surface area contributed by atoms with Crippen LogP contribution in [0.4, 0.5) is 0 Å². The topological polar surface area (TPSA) is 53.6 Å². The molecule has 18 heavy (non-hydrogen) atoms. The Kier molecular flexibility index (Phi) is 9.74. The van der Waals surface area contributed by atoms with Gasteiger partial charge in [0.25, 0.3) is 0 Å². The average molecular weight is 256 g/mol. The van der Waals surface area contributed by atoms with Crippen LogP contribution in [0.3, 0.4) is 0 Å². The van der Waals surface area contributed by atoms with Crippen LogP contribution < -0.4 is 11.1 Å². The van der Waals surface area contributed by atoms with E-state index in [9.17, 15) is 0 Å². The van der Waals surface area contributed by atoms with Gasteiger partial charge in [-0.2, -0.15) is 0 Å². The Morgan fingerprint density at radius 2 is 1.83 bits per heavy atom. The molecule has 0 saturated carbocycles. The molecule has 0 aromatic carbocycles. The first-order valence-corrected chi connectivity index (χ1v) is 7.28. The van der Waals surface area contributed by atoms with Gasteiger partial charge >= 0.3 is 0 Å². The smallest absolute Gasteiger partial charge is 0.188 e. The fraction of sp³-hybridized carbons (Fsp3) is 0.929. The fourth-order valence-electron chi connectivity index (χ4n) is 1.81. The first-order valence-electron chi connectivity index (χ1n) is 7.28. The maximum absolute atomic E-state index is 5.84. The molecule has 3 N–H and O–H groups in total. The summed E-state index contributed by atoms with van der Waals surface area (Å²) in [6.07, 6.45) is 2.34. The third-order valence-corrected chi connectivity index (χ3v) is 3.03. The lowest BCUT2D eigenvalue weighted by Crippen LogP contribution is -2.39. The van der Waals surface area contributed by atoms with Crippen LogP contribution in [-0.2, 0) is 0 Å². The van der Waals surface area contributed by atoms with Gasteiger partial charge in [-0.25, -0.2) is 0 Å². The predicted octanol–water partition coefficient (Wildman–Crippen LogP) is 2.06. The van der Waals surface area contributed by atoms with Gasteiger partial charge in [0.2, 0.25) is 0 Å². The highest BCUT2D eigenvalue weighted by molar-refractivity contribution is 5.78. The number of hydrogen-bond acceptors (Lipinski definition) is 2. The Hall–Kier alpha value is -0.770. The number of hydrogen-bond donors (Lipinski definition) is 2. The molecule has 0 radical (unpaired) electrons. The highest BCUT2D eigenvalue weighted by Gasteiger charge is 2.04. The van der Waals surface area contributed by atoms with E-state index in [4.69, 9.17) is 5.73 Å². The van der Waals surface area contributed by atoms with E-state index in [2.05, 4.69) is 49.8 Å². The van der Waals surface area contributed by atoms with Crippen molar-refractivity contribution in [3.05, 3.63) is 0 Å². The molecule has 0 aliphatic rings. The lowest BCUT2D eigenvalue weighted by atomic mass is 10.2. The van der Waals surface area contributed by atoms with Crippen molar-refractivity contribution in [2.24, 2.45) is 16.6 Å². The molecule has 0 heterocycles. The van der Waals surface area contributed by atoms with Crippen molar-refractivity contribution in [2.45, 2.75) is 53.5 Å². The maximum atomic E-state index is 5.84. The van der Waals surface area contributed by atoms with Gasteiger partial charge in [-0.1, -0.05) is 27.7 Å². The fourth-order valence-corrected chi connectivity index (χ4v) is 1.81. The molecule has 108 valence electrons. The highest BCUT2D eigenvalue weighted by atomic mass is 15.1. The summed E-state index contributed by atoms with van der Waals surface area (Å²) < 4.78 is 0. The minimum Gasteiger partial charge on any atom is -0.370 e. The predicted molar refractivity (Wildman–Crippen MR) is 80.9 cm³/mol. The van der Waals surface area contributed by atoms with Crippen LogP contribution in [0.15, 0.2) is 4.99 Å². The molecule has 0 aliphatic carbocycles. The van der Waals surface area contributed by atoms with Gasteiger partial charge in [0.15, 0.2) is 5.96 Å². The van der Waals surface area contributed by atoms with Crippen LogP contribution in [0.1, 0.15) is 47.5 Å². The molecule has 0 bridgehead atoms. The van der Waals surface area contributed by atoms with Crippen molar-refractivity contribution < 1.29 is 0 Å². The molecule has 0 aromatic rings. The molecule has 1 unspecified atom stereocenters. The Balaban J connectivity index is 3.76. The lowest BCUT2D eigenvalue weighted by molar-refractivity contribution is 0.292. The van der Waals surface area contributed by atoms with E-state index in [1.807, 2.05) is 0 Å². The monoisotopic (exact) mass is 256 g/mol. The first kappa shape index (κ1) is 17.2. The van der Waals surface area contributed by atoms with E-state index >= 15 is 0 Å². The largest absolute Gasteiger partial charge is 0.370 e. The standard InChI is InChI=1S/C14H32N4/c1-6-18(7-2)10-8-9-13(5)17-14(15)16-11-12(3)4/h12-13H,6-11H2,1-5H3,(H3,15,16,17). The second-order valence-electron chi connectivity index (χ2n) is 5.33. The third kappa shape index (κ3) is 9.28. The molecule has 0 saturated heterocycles. The van der Waals surface area contributed by atoms with E-state index in [0.717, 1.165) is 26.1 Å². The molecular weight excluding hydrogens is 224 g/mol. The molecule has 0 aliphatic heterocycles. The summed E-state index contributed by atoms with van der Waals surface area (Å²) in [7, 11) is 0. The molecule has 0 spiro atoms. The second kappa shape index (κ2) is 10.2. The Morgan fingerprint density at radius 3 is 2.33 bits per heavy atom. The van der Waals surface area contributed by atoms with Crippen LogP contribution in [0.5, 0.6) is 0 Å². The lowest BCUT2D eigenvalue weighted by Gasteiger charge is -2.20. The van der Waals surface area contributed by atoms with E-state index in [-0.39, 0.29) is 0 Å². The van der Waals surface area contributed by atoms with Crippen molar-refractivity contribution >= 4 is 5.96 Å². The van der Waals surface area contributed by atoms with E-state index in [1.54, 1.807) is 0 Å². The van der Waals surface area contributed by atoms with Crippen LogP contribution in [0, 0.1) is 5.92 Å². The van der Waals surface area contributed by atoms with Crippen LogP contribution in [-0.4, -0.2) is 43.1 Å². The number of rotatable bonds is 9. The summed E-state index contributed by atoms with van der Waals surface area (Å²) in [4.78, 5) is 6.76. The van der Waals surface area contributed by atoms with Gasteiger partial charge in [0.05, 0.1) is 0 Å². The van der Waals surface area contributed by atoms with Crippen LogP contribution in [0.2, 0.25) is 0 Å². The molecule has 1 atom stereocenters. The summed E-state index contributed by atoms with van der Waals surface area (Å²) in [5.41, 5.74) is 5.84. The normalized spacial score (nSPS) is 14.3. The van der Waals surface area contributed by atoms with Crippen LogP contribution in [0.25, 0.3) is 0 Å². The first-order chi connectivity index (χ1) is 8.49. The number of nitrogens with zero attached hydrogens (tertiary/aromatic N) is 2. The van der Waals surface area contributed by atoms with Gasteiger partial charge in [0, 0.05) is 12.6 Å². The van der Waals surface area contributed by atoms with Gasteiger partial charge in [0.1, 0.15) is 0 Å². The quantitative estimate of drug-likeness (QED) is 0.490. The number of nitrogens with one attached hydrogen (secondary N) is 1. The zero-order chi connectivity index (χ0) is 14.0. The van der Waals surface area contributed by atoms with Crippen molar-refractivity contribution in [1.82, 2.24) is 10.2 Å². The summed E-state index contributed by atoms with van der Waals surface area (Å²) >= 11 is 0. The van der Waals surface area contributed by atoms with Crippen molar-refractivity contribution in [3.8, 4) is 0 Å². The van der Waals surface area contributed by atoms with Crippen molar-refractivity contribution in [2.75, 3.05) is 26.2 Å². The minimum absolute atomic E-state index is 0.400. The van der Waals surface area contributed by atoms with Gasteiger partial charge in [-0.15, -0.1) is 0 Å². The van der Waals surface area contributed by atoms with E-state index < -0.39 is 0 Å². The molecule has 0 amide bonds. The Morgan fingerprint density at radius 1 is 1.22 bits per heavy atom. The van der Waals surface area contributed by atoms with Crippen molar-refractivity contribution in [3.63, 3.8) is 0 Å². The van der Waals surface area contributed by atoms with Gasteiger partial charge in [-0.3, -0.25) is 4.99 Å². The molecule has 0 rings (SSSR count). The molecule has 4 heteroatoms. The summed E-state index contributed by atoms with van der Waals surface area (Å²) in [5, 5.41) is 3.25. The second-order valence-corrected chi connectivity index (χ2v) is 5.33. The maximum Gasteiger partial charge on any atom is 0.188 e. The van der Waals surface area contributed by atoms with E-state index in [1.165, 1.54) is 13.0 Å². The van der Waals surface area contributed by atoms with Gasteiger partial charge in [-0.05, 0) is 45.3 Å². The Labute approximate surface area is 113 Å². The molecule has 4 nitrogen and oxygen atoms in total. The summed E-state index contributed by atoms with van der Waals surface area (Å²) in [6, 6.07) is 0.400. The summed E-state index contributed by atoms with van der Waals surface area (Å²) in [6.45, 7) is 15.1. The SMILES string of the molecule is CCN(CC)CCCC(C)NC(N)=NCC(C)C. The number of guanidine groups is 1. The number of aliphatic imine (C=N–C) groups is 1. The van der Waals surface area contributed by atoms with Crippen LogP contribution >= 0.6 is 0 Å². The van der Waals surface area contributed by atoms with E-state index in [0.29, 0.717) is 17.9 Å². The number of nitrogens with two attached hydrogens (primary N) is 1. The molecule has 0 aromatic heterocycles. The average Bonchev–Trinajstić information content (AvgIpc) is 2.32. The van der Waals surface area contributed by atoms with Crippen molar-refractivity contribution in [1.29, 1.82) is 0 Å². The summed E-state index contributed by atoms with van der Waals surface area (Å²) in [5.74, 6) is 1.14. The molecule has 0 fully saturated rings.